The van der Waals surface area contributed by atoms with Crippen molar-refractivity contribution in [2.75, 3.05) is 6.61 Å². The van der Waals surface area contributed by atoms with Crippen molar-refractivity contribution in [3.05, 3.63) is 11.6 Å². The van der Waals surface area contributed by atoms with Crippen LogP contribution in [0.15, 0.2) is 11.6 Å². The van der Waals surface area contributed by atoms with Crippen molar-refractivity contribution in [3.8, 4) is 0 Å². The lowest BCUT2D eigenvalue weighted by Crippen LogP contribution is -2.02. The molecule has 0 aliphatic carbocycles. The molecule has 0 aromatic rings. The van der Waals surface area contributed by atoms with Crippen molar-refractivity contribution in [3.63, 3.8) is 0 Å². The summed E-state index contributed by atoms with van der Waals surface area (Å²) in [6, 6.07) is 0. The molecule has 0 saturated heterocycles. The van der Waals surface area contributed by atoms with Gasteiger partial charge in [0.05, 0.1) is 6.61 Å². The standard InChI is InChI=1S/C17H32O2/c1-4-5-6-7-8-9-10-11-12-13-14-19-17(18)15-16(2)3/h15H,4-14H2,1-3H3. The van der Waals surface area contributed by atoms with Crippen molar-refractivity contribution < 1.29 is 9.53 Å². The van der Waals surface area contributed by atoms with E-state index >= 15 is 0 Å². The van der Waals surface area contributed by atoms with Crippen molar-refractivity contribution >= 4 is 5.97 Å². The van der Waals surface area contributed by atoms with E-state index in [2.05, 4.69) is 6.92 Å². The molecule has 0 aliphatic rings. The molecule has 0 heterocycles. The highest BCUT2D eigenvalue weighted by Crippen LogP contribution is 2.10. The van der Waals surface area contributed by atoms with Crippen molar-refractivity contribution in [1.82, 2.24) is 0 Å². The van der Waals surface area contributed by atoms with Gasteiger partial charge in [0, 0.05) is 6.08 Å². The van der Waals surface area contributed by atoms with Crippen LogP contribution in [0, 0.1) is 0 Å². The van der Waals surface area contributed by atoms with Gasteiger partial charge in [0.25, 0.3) is 0 Å². The summed E-state index contributed by atoms with van der Waals surface area (Å²) in [4.78, 5) is 11.2. The van der Waals surface area contributed by atoms with Gasteiger partial charge in [-0.1, -0.05) is 70.3 Å². The van der Waals surface area contributed by atoms with Crippen LogP contribution in [0.3, 0.4) is 0 Å². The Labute approximate surface area is 119 Å². The van der Waals surface area contributed by atoms with Crippen LogP contribution in [0.4, 0.5) is 0 Å². The van der Waals surface area contributed by atoms with Crippen LogP contribution in [-0.2, 0) is 9.53 Å². The Bertz CT molecular complexity index is 240. The highest BCUT2D eigenvalue weighted by molar-refractivity contribution is 5.82. The molecule has 0 aromatic heterocycles. The molecule has 0 fully saturated rings. The largest absolute Gasteiger partial charge is 0.463 e. The summed E-state index contributed by atoms with van der Waals surface area (Å²) in [5.74, 6) is -0.198. The topological polar surface area (TPSA) is 26.3 Å². The molecule has 0 atom stereocenters. The number of unbranched alkanes of at least 4 members (excludes halogenated alkanes) is 9. The van der Waals surface area contributed by atoms with E-state index in [4.69, 9.17) is 4.74 Å². The second-order valence-corrected chi connectivity index (χ2v) is 5.57. The molecule has 0 amide bonds. The first-order valence-electron chi connectivity index (χ1n) is 7.98. The summed E-state index contributed by atoms with van der Waals surface area (Å²) in [5.41, 5.74) is 0.994. The zero-order chi connectivity index (χ0) is 14.3. The highest BCUT2D eigenvalue weighted by atomic mass is 16.5. The van der Waals surface area contributed by atoms with E-state index in [0.29, 0.717) is 6.61 Å². The van der Waals surface area contributed by atoms with Gasteiger partial charge in [-0.3, -0.25) is 0 Å². The van der Waals surface area contributed by atoms with E-state index in [0.717, 1.165) is 12.0 Å². The number of carbonyl (C=O) groups excluding carboxylic acids is 1. The van der Waals surface area contributed by atoms with E-state index in [1.165, 1.54) is 57.8 Å². The number of hydrogen-bond donors (Lipinski definition) is 0. The lowest BCUT2D eigenvalue weighted by atomic mass is 10.1. The maximum absolute atomic E-state index is 11.2. The zero-order valence-electron chi connectivity index (χ0n) is 13.2. The third-order valence-electron chi connectivity index (χ3n) is 3.15. The lowest BCUT2D eigenvalue weighted by Gasteiger charge is -2.03. The summed E-state index contributed by atoms with van der Waals surface area (Å²) in [5, 5.41) is 0. The molecular weight excluding hydrogens is 236 g/mol. The minimum Gasteiger partial charge on any atom is -0.463 e. The van der Waals surface area contributed by atoms with E-state index < -0.39 is 0 Å². The number of esters is 1. The maximum atomic E-state index is 11.2. The molecule has 0 rings (SSSR count). The van der Waals surface area contributed by atoms with Crippen molar-refractivity contribution in [1.29, 1.82) is 0 Å². The van der Waals surface area contributed by atoms with Crippen LogP contribution < -0.4 is 0 Å². The highest BCUT2D eigenvalue weighted by Gasteiger charge is 1.97. The van der Waals surface area contributed by atoms with Gasteiger partial charge in [-0.25, -0.2) is 4.79 Å². The predicted molar refractivity (Wildman–Crippen MR) is 82.2 cm³/mol. The van der Waals surface area contributed by atoms with E-state index in [-0.39, 0.29) is 5.97 Å². The van der Waals surface area contributed by atoms with E-state index in [9.17, 15) is 4.79 Å². The van der Waals surface area contributed by atoms with Gasteiger partial charge in [-0.2, -0.15) is 0 Å². The molecule has 0 radical (unpaired) electrons. The number of ether oxygens (including phenoxy) is 1. The molecule has 0 aliphatic heterocycles. The first-order valence-corrected chi connectivity index (χ1v) is 7.98. The molecule has 2 heteroatoms. The van der Waals surface area contributed by atoms with Crippen molar-refractivity contribution in [2.45, 2.75) is 85.0 Å². The molecule has 0 saturated carbocycles. The third-order valence-corrected chi connectivity index (χ3v) is 3.15. The molecule has 19 heavy (non-hydrogen) atoms. The summed E-state index contributed by atoms with van der Waals surface area (Å²) >= 11 is 0. The Morgan fingerprint density at radius 2 is 1.32 bits per heavy atom. The van der Waals surface area contributed by atoms with Gasteiger partial charge in [-0.15, -0.1) is 0 Å². The van der Waals surface area contributed by atoms with Crippen LogP contribution in [-0.4, -0.2) is 12.6 Å². The van der Waals surface area contributed by atoms with Crippen LogP contribution in [0.2, 0.25) is 0 Å². The monoisotopic (exact) mass is 268 g/mol. The molecule has 0 bridgehead atoms. The summed E-state index contributed by atoms with van der Waals surface area (Å²) < 4.78 is 5.11. The van der Waals surface area contributed by atoms with E-state index in [1.807, 2.05) is 13.8 Å². The summed E-state index contributed by atoms with van der Waals surface area (Å²) in [6.45, 7) is 6.63. The van der Waals surface area contributed by atoms with Gasteiger partial charge in [0.15, 0.2) is 0 Å². The SMILES string of the molecule is CCCCCCCCCCCCOC(=O)C=C(C)C. The average Bonchev–Trinajstić information content (AvgIpc) is 2.35. The van der Waals surface area contributed by atoms with Crippen LogP contribution in [0.1, 0.15) is 85.0 Å². The second kappa shape index (κ2) is 13.6. The molecule has 0 aromatic carbocycles. The number of rotatable bonds is 12. The zero-order valence-corrected chi connectivity index (χ0v) is 13.2. The fraction of sp³-hybridized carbons (Fsp3) is 0.824. The normalized spacial score (nSPS) is 10.3. The predicted octanol–water partition coefficient (Wildman–Crippen LogP) is 5.42. The molecular formula is C17H32O2. The third kappa shape index (κ3) is 15.2. The Morgan fingerprint density at radius 3 is 1.79 bits per heavy atom. The molecule has 0 spiro atoms. The van der Waals surface area contributed by atoms with Gasteiger partial charge in [0.1, 0.15) is 0 Å². The Balaban J connectivity index is 3.15. The van der Waals surface area contributed by atoms with Gasteiger partial charge in [0.2, 0.25) is 0 Å². The van der Waals surface area contributed by atoms with Gasteiger partial charge >= 0.3 is 5.97 Å². The average molecular weight is 268 g/mol. The lowest BCUT2D eigenvalue weighted by molar-refractivity contribution is -0.137. The van der Waals surface area contributed by atoms with Crippen LogP contribution >= 0.6 is 0 Å². The molecule has 0 unspecified atom stereocenters. The number of hydrogen-bond acceptors (Lipinski definition) is 2. The molecule has 0 N–H and O–H groups in total. The quantitative estimate of drug-likeness (QED) is 0.268. The summed E-state index contributed by atoms with van der Waals surface area (Å²) in [7, 11) is 0. The van der Waals surface area contributed by atoms with Crippen LogP contribution in [0.5, 0.6) is 0 Å². The first-order chi connectivity index (χ1) is 9.16. The molecule has 2 nitrogen and oxygen atoms in total. The van der Waals surface area contributed by atoms with Gasteiger partial charge < -0.3 is 4.74 Å². The number of allylic oxidation sites excluding steroid dienone is 1. The minimum absolute atomic E-state index is 0.198. The fourth-order valence-electron chi connectivity index (χ4n) is 2.04. The maximum Gasteiger partial charge on any atom is 0.330 e. The van der Waals surface area contributed by atoms with Gasteiger partial charge in [-0.05, 0) is 20.3 Å². The Hall–Kier alpha value is -0.790. The Morgan fingerprint density at radius 1 is 0.842 bits per heavy atom. The summed E-state index contributed by atoms with van der Waals surface area (Å²) in [6.07, 6.45) is 14.6. The van der Waals surface area contributed by atoms with Crippen LogP contribution in [0.25, 0.3) is 0 Å². The second-order valence-electron chi connectivity index (χ2n) is 5.57. The van der Waals surface area contributed by atoms with Crippen molar-refractivity contribution in [2.24, 2.45) is 0 Å². The molecule has 112 valence electrons. The number of carbonyl (C=O) groups is 1. The smallest absolute Gasteiger partial charge is 0.330 e. The minimum atomic E-state index is -0.198. The fourth-order valence-corrected chi connectivity index (χ4v) is 2.04. The van der Waals surface area contributed by atoms with E-state index in [1.54, 1.807) is 6.08 Å². The first kappa shape index (κ1) is 18.2. The Kier molecular flexibility index (Phi) is 13.1.